The van der Waals surface area contributed by atoms with Crippen molar-refractivity contribution in [2.24, 2.45) is 0 Å². The molecule has 3 N–H and O–H groups in total. The van der Waals surface area contributed by atoms with E-state index >= 15 is 0 Å². The second kappa shape index (κ2) is 8.19. The molecule has 156 valence electrons. The van der Waals surface area contributed by atoms with E-state index in [-0.39, 0.29) is 5.69 Å². The van der Waals surface area contributed by atoms with E-state index in [9.17, 15) is 23.6 Å². The van der Waals surface area contributed by atoms with E-state index in [2.05, 4.69) is 10.6 Å². The fourth-order valence-electron chi connectivity index (χ4n) is 2.99. The van der Waals surface area contributed by atoms with Gasteiger partial charge in [0.15, 0.2) is 0 Å². The molecular formula is C20H19FN4O5. The van der Waals surface area contributed by atoms with Crippen LogP contribution >= 0.6 is 0 Å². The number of nitrogens with zero attached hydrogens (tertiary/aromatic N) is 1. The van der Waals surface area contributed by atoms with Crippen LogP contribution in [-0.2, 0) is 15.1 Å². The van der Waals surface area contributed by atoms with Gasteiger partial charge >= 0.3 is 12.1 Å². The smallest absolute Gasteiger partial charge is 0.326 e. The summed E-state index contributed by atoms with van der Waals surface area (Å²) in [7, 11) is 1.50. The van der Waals surface area contributed by atoms with Gasteiger partial charge in [-0.3, -0.25) is 19.8 Å². The third-order valence-corrected chi connectivity index (χ3v) is 4.62. The zero-order valence-corrected chi connectivity index (χ0v) is 16.2. The molecule has 30 heavy (non-hydrogen) atoms. The molecule has 2 aromatic carbocycles. The lowest BCUT2D eigenvalue weighted by Crippen LogP contribution is -2.45. The number of para-hydroxylation sites is 1. The van der Waals surface area contributed by atoms with Gasteiger partial charge in [-0.1, -0.05) is 24.3 Å². The van der Waals surface area contributed by atoms with Crippen molar-refractivity contribution in [3.8, 4) is 5.75 Å². The molecule has 0 aromatic heterocycles. The number of halogens is 1. The number of carbonyl (C=O) groups excluding carboxylic acids is 4. The van der Waals surface area contributed by atoms with E-state index in [1.54, 1.807) is 24.3 Å². The molecule has 1 aliphatic rings. The SMILES string of the molecule is COc1ccc(C2(C)NC(=O)N(CC(=O)NC(=O)Nc3ccccc3F)C2=O)cc1. The Morgan fingerprint density at radius 1 is 1.13 bits per heavy atom. The predicted octanol–water partition coefficient (Wildman–Crippen LogP) is 1.95. The van der Waals surface area contributed by atoms with Gasteiger partial charge < -0.3 is 15.4 Å². The van der Waals surface area contributed by atoms with Gasteiger partial charge in [-0.05, 0) is 36.8 Å². The Labute approximate surface area is 171 Å². The zero-order chi connectivity index (χ0) is 21.9. The van der Waals surface area contributed by atoms with E-state index in [0.29, 0.717) is 16.2 Å². The third kappa shape index (κ3) is 4.07. The minimum atomic E-state index is -1.38. The molecule has 0 aliphatic carbocycles. The Kier molecular flexibility index (Phi) is 5.67. The van der Waals surface area contributed by atoms with Gasteiger partial charge in [0.25, 0.3) is 5.91 Å². The number of nitrogens with one attached hydrogen (secondary N) is 3. The van der Waals surface area contributed by atoms with Gasteiger partial charge in [0.05, 0.1) is 12.8 Å². The first kappa shape index (κ1) is 20.8. The molecule has 2 aromatic rings. The van der Waals surface area contributed by atoms with Crippen molar-refractivity contribution >= 4 is 29.6 Å². The van der Waals surface area contributed by atoms with Gasteiger partial charge in [0.1, 0.15) is 23.7 Å². The highest BCUT2D eigenvalue weighted by molar-refractivity contribution is 6.10. The van der Waals surface area contributed by atoms with E-state index in [1.807, 2.05) is 5.32 Å². The van der Waals surface area contributed by atoms with Crippen LogP contribution in [0.5, 0.6) is 5.75 Å². The number of hydrogen-bond acceptors (Lipinski definition) is 5. The van der Waals surface area contributed by atoms with Crippen LogP contribution in [0.1, 0.15) is 12.5 Å². The van der Waals surface area contributed by atoms with Crippen LogP contribution in [0.25, 0.3) is 0 Å². The quantitative estimate of drug-likeness (QED) is 0.647. The van der Waals surface area contributed by atoms with Gasteiger partial charge in [0.2, 0.25) is 5.91 Å². The van der Waals surface area contributed by atoms with Crippen molar-refractivity contribution in [1.82, 2.24) is 15.5 Å². The van der Waals surface area contributed by atoms with Crippen LogP contribution in [0.3, 0.4) is 0 Å². The number of hydrogen-bond donors (Lipinski definition) is 3. The molecule has 9 nitrogen and oxygen atoms in total. The summed E-state index contributed by atoms with van der Waals surface area (Å²) in [5.74, 6) is -1.66. The van der Waals surface area contributed by atoms with Gasteiger partial charge in [-0.25, -0.2) is 14.0 Å². The van der Waals surface area contributed by atoms with Crippen molar-refractivity contribution in [1.29, 1.82) is 0 Å². The lowest BCUT2D eigenvalue weighted by Gasteiger charge is -2.22. The largest absolute Gasteiger partial charge is 0.497 e. The summed E-state index contributed by atoms with van der Waals surface area (Å²) < 4.78 is 18.6. The molecule has 6 amide bonds. The molecule has 1 fully saturated rings. The van der Waals surface area contributed by atoms with E-state index in [0.717, 1.165) is 6.07 Å². The van der Waals surface area contributed by atoms with E-state index in [1.165, 1.54) is 32.2 Å². The second-order valence-corrected chi connectivity index (χ2v) is 6.66. The number of carbonyl (C=O) groups is 4. The number of benzene rings is 2. The minimum absolute atomic E-state index is 0.120. The summed E-state index contributed by atoms with van der Waals surface area (Å²) >= 11 is 0. The van der Waals surface area contributed by atoms with Crippen molar-refractivity contribution in [3.63, 3.8) is 0 Å². The monoisotopic (exact) mass is 414 g/mol. The average Bonchev–Trinajstić information content (AvgIpc) is 2.93. The van der Waals surface area contributed by atoms with Gasteiger partial charge in [0, 0.05) is 0 Å². The summed E-state index contributed by atoms with van der Waals surface area (Å²) in [6.45, 7) is 0.832. The molecule has 0 spiro atoms. The Hall–Kier alpha value is -3.95. The number of imide groups is 2. The average molecular weight is 414 g/mol. The summed E-state index contributed by atoms with van der Waals surface area (Å²) in [4.78, 5) is 49.9. The molecule has 0 saturated carbocycles. The number of urea groups is 2. The van der Waals surface area contributed by atoms with Gasteiger partial charge in [-0.2, -0.15) is 0 Å². The normalized spacial score (nSPS) is 18.0. The fourth-order valence-corrected chi connectivity index (χ4v) is 2.99. The van der Waals surface area contributed by atoms with Crippen LogP contribution in [0.2, 0.25) is 0 Å². The lowest BCUT2D eigenvalue weighted by atomic mass is 9.92. The fraction of sp³-hybridized carbons (Fsp3) is 0.200. The number of rotatable bonds is 5. The third-order valence-electron chi connectivity index (χ3n) is 4.62. The predicted molar refractivity (Wildman–Crippen MR) is 104 cm³/mol. The molecule has 1 unspecified atom stereocenters. The Bertz CT molecular complexity index is 1010. The summed E-state index contributed by atoms with van der Waals surface area (Å²) in [6.07, 6.45) is 0. The highest BCUT2D eigenvalue weighted by Gasteiger charge is 2.49. The maximum atomic E-state index is 13.6. The summed E-state index contributed by atoms with van der Waals surface area (Å²) in [5.41, 5.74) is -0.995. The molecule has 0 radical (unpaired) electrons. The number of amides is 6. The first-order chi connectivity index (χ1) is 14.2. The highest BCUT2D eigenvalue weighted by atomic mass is 19.1. The molecular weight excluding hydrogens is 395 g/mol. The molecule has 0 bridgehead atoms. The topological polar surface area (TPSA) is 117 Å². The summed E-state index contributed by atoms with van der Waals surface area (Å²) in [5, 5.41) is 6.70. The Morgan fingerprint density at radius 2 is 1.80 bits per heavy atom. The maximum Gasteiger partial charge on any atom is 0.326 e. The zero-order valence-electron chi connectivity index (χ0n) is 16.2. The van der Waals surface area contributed by atoms with E-state index in [4.69, 9.17) is 4.74 Å². The number of methoxy groups -OCH3 is 1. The number of ether oxygens (including phenoxy) is 1. The summed E-state index contributed by atoms with van der Waals surface area (Å²) in [6, 6.07) is 10.2. The first-order valence-corrected chi connectivity index (χ1v) is 8.88. The Balaban J connectivity index is 1.65. The first-order valence-electron chi connectivity index (χ1n) is 8.88. The van der Waals surface area contributed by atoms with Crippen LogP contribution < -0.4 is 20.7 Å². The van der Waals surface area contributed by atoms with Crippen LogP contribution in [0.15, 0.2) is 48.5 Å². The van der Waals surface area contributed by atoms with E-state index < -0.39 is 41.8 Å². The number of anilines is 1. The van der Waals surface area contributed by atoms with Crippen molar-refractivity contribution in [3.05, 3.63) is 59.9 Å². The van der Waals surface area contributed by atoms with Crippen molar-refractivity contribution in [2.75, 3.05) is 19.0 Å². The van der Waals surface area contributed by atoms with Crippen molar-refractivity contribution < 1.29 is 28.3 Å². The van der Waals surface area contributed by atoms with Crippen molar-refractivity contribution in [2.45, 2.75) is 12.5 Å². The van der Waals surface area contributed by atoms with Crippen LogP contribution in [0, 0.1) is 5.82 Å². The highest BCUT2D eigenvalue weighted by Crippen LogP contribution is 2.29. The van der Waals surface area contributed by atoms with Gasteiger partial charge in [-0.15, -0.1) is 0 Å². The minimum Gasteiger partial charge on any atom is -0.497 e. The standard InChI is InChI=1S/C20H19FN4O5/c1-20(12-7-9-13(30-2)10-8-12)17(27)25(19(29)24-20)11-16(26)23-18(28)22-15-6-4-3-5-14(15)21/h3-10H,11H2,1-2H3,(H,24,29)(H2,22,23,26,28). The molecule has 3 rings (SSSR count). The molecule has 1 atom stereocenters. The maximum absolute atomic E-state index is 13.6. The molecule has 1 heterocycles. The molecule has 1 saturated heterocycles. The molecule has 1 aliphatic heterocycles. The Morgan fingerprint density at radius 3 is 2.43 bits per heavy atom. The lowest BCUT2D eigenvalue weighted by molar-refractivity contribution is -0.134. The van der Waals surface area contributed by atoms with Crippen LogP contribution in [-0.4, -0.2) is 42.4 Å². The molecule has 10 heteroatoms. The van der Waals surface area contributed by atoms with Crippen LogP contribution in [0.4, 0.5) is 19.7 Å². The second-order valence-electron chi connectivity index (χ2n) is 6.66.